The van der Waals surface area contributed by atoms with Gasteiger partial charge < -0.3 is 5.73 Å². The molecular formula is C16H32N4. The summed E-state index contributed by atoms with van der Waals surface area (Å²) in [6, 6.07) is 1.41. The molecule has 3 rings (SSSR count). The van der Waals surface area contributed by atoms with Gasteiger partial charge in [-0.1, -0.05) is 6.42 Å². The topological polar surface area (TPSA) is 35.7 Å². The third-order valence-corrected chi connectivity index (χ3v) is 6.09. The fraction of sp³-hybridized carbons (Fsp3) is 1.00. The summed E-state index contributed by atoms with van der Waals surface area (Å²) < 4.78 is 0. The normalized spacial score (nSPS) is 37.5. The van der Waals surface area contributed by atoms with Crippen molar-refractivity contribution >= 4 is 0 Å². The van der Waals surface area contributed by atoms with E-state index in [1.807, 2.05) is 0 Å². The van der Waals surface area contributed by atoms with Gasteiger partial charge in [-0.3, -0.25) is 14.7 Å². The molecule has 0 aliphatic carbocycles. The van der Waals surface area contributed by atoms with Crippen molar-refractivity contribution in [2.45, 2.75) is 57.2 Å². The Morgan fingerprint density at radius 1 is 1.05 bits per heavy atom. The summed E-state index contributed by atoms with van der Waals surface area (Å²) in [5.74, 6) is 0. The smallest absolute Gasteiger partial charge is 0.0499 e. The molecule has 2 N–H and O–H groups in total. The van der Waals surface area contributed by atoms with Crippen LogP contribution in [0, 0.1) is 0 Å². The van der Waals surface area contributed by atoms with Crippen molar-refractivity contribution in [3.63, 3.8) is 0 Å². The summed E-state index contributed by atoms with van der Waals surface area (Å²) in [7, 11) is 0. The second kappa shape index (κ2) is 5.91. The molecule has 20 heavy (non-hydrogen) atoms. The number of piperazine rings is 1. The van der Waals surface area contributed by atoms with Crippen LogP contribution in [0.15, 0.2) is 0 Å². The van der Waals surface area contributed by atoms with Crippen molar-refractivity contribution in [1.29, 1.82) is 0 Å². The molecule has 3 saturated heterocycles. The molecule has 3 aliphatic rings. The molecule has 3 aliphatic heterocycles. The lowest BCUT2D eigenvalue weighted by Gasteiger charge is -2.50. The third kappa shape index (κ3) is 2.41. The van der Waals surface area contributed by atoms with Crippen LogP contribution in [0.5, 0.6) is 0 Å². The van der Waals surface area contributed by atoms with Crippen molar-refractivity contribution in [3.05, 3.63) is 0 Å². The minimum absolute atomic E-state index is 0.281. The van der Waals surface area contributed by atoms with Crippen LogP contribution < -0.4 is 5.73 Å². The predicted molar refractivity (Wildman–Crippen MR) is 83.9 cm³/mol. The number of hydrogen-bond donors (Lipinski definition) is 1. The maximum atomic E-state index is 6.32. The molecule has 4 nitrogen and oxygen atoms in total. The van der Waals surface area contributed by atoms with Crippen LogP contribution in [0.4, 0.5) is 0 Å². The molecule has 2 unspecified atom stereocenters. The van der Waals surface area contributed by atoms with Crippen LogP contribution >= 0.6 is 0 Å². The zero-order valence-corrected chi connectivity index (χ0v) is 13.4. The lowest BCUT2D eigenvalue weighted by molar-refractivity contribution is -0.00350. The van der Waals surface area contributed by atoms with Crippen molar-refractivity contribution in [2.24, 2.45) is 5.73 Å². The maximum Gasteiger partial charge on any atom is 0.0499 e. The van der Waals surface area contributed by atoms with Gasteiger partial charge >= 0.3 is 0 Å². The van der Waals surface area contributed by atoms with Gasteiger partial charge in [0.2, 0.25) is 0 Å². The van der Waals surface area contributed by atoms with E-state index in [9.17, 15) is 0 Å². The molecule has 0 aromatic carbocycles. The molecule has 3 fully saturated rings. The van der Waals surface area contributed by atoms with E-state index in [2.05, 4.69) is 28.5 Å². The molecule has 0 bridgehead atoms. The van der Waals surface area contributed by atoms with Crippen LogP contribution in [0.1, 0.15) is 39.5 Å². The van der Waals surface area contributed by atoms with Gasteiger partial charge in [0.25, 0.3) is 0 Å². The zero-order chi connectivity index (χ0) is 14.2. The fourth-order valence-corrected chi connectivity index (χ4v) is 4.79. The van der Waals surface area contributed by atoms with Crippen LogP contribution in [-0.2, 0) is 0 Å². The average Bonchev–Trinajstić information content (AvgIpc) is 2.87. The molecule has 0 spiro atoms. The van der Waals surface area contributed by atoms with E-state index in [-0.39, 0.29) is 5.54 Å². The molecule has 0 aromatic heterocycles. The molecule has 0 amide bonds. The van der Waals surface area contributed by atoms with Gasteiger partial charge in [0.15, 0.2) is 0 Å². The number of rotatable bonds is 3. The van der Waals surface area contributed by atoms with Crippen molar-refractivity contribution in [2.75, 3.05) is 45.8 Å². The highest BCUT2D eigenvalue weighted by Crippen LogP contribution is 2.39. The Morgan fingerprint density at radius 2 is 1.80 bits per heavy atom. The standard InChI is InChI=1S/C16H32N4/c1-14(2)18-9-11-20(12-10-18)16(13-17)6-8-19-7-4-3-5-15(16)19/h14-15H,3-13,17H2,1-2H3. The average molecular weight is 280 g/mol. The Balaban J connectivity index is 1.70. The zero-order valence-electron chi connectivity index (χ0n) is 13.4. The Hall–Kier alpha value is -0.160. The Kier molecular flexibility index (Phi) is 4.37. The number of nitrogens with two attached hydrogens (primary N) is 1. The van der Waals surface area contributed by atoms with Gasteiger partial charge in [0.05, 0.1) is 0 Å². The van der Waals surface area contributed by atoms with Crippen molar-refractivity contribution in [1.82, 2.24) is 14.7 Å². The van der Waals surface area contributed by atoms with Crippen LogP contribution in [-0.4, -0.2) is 78.1 Å². The first kappa shape index (κ1) is 14.8. The SMILES string of the molecule is CC(C)N1CCN(C2(CN)CCN3CCCCC32)CC1. The van der Waals surface area contributed by atoms with Gasteiger partial charge in [-0.05, 0) is 39.7 Å². The van der Waals surface area contributed by atoms with Gasteiger partial charge in [0, 0.05) is 56.9 Å². The largest absolute Gasteiger partial charge is 0.329 e. The van der Waals surface area contributed by atoms with Gasteiger partial charge in [0.1, 0.15) is 0 Å². The quantitative estimate of drug-likeness (QED) is 0.835. The monoisotopic (exact) mass is 280 g/mol. The van der Waals surface area contributed by atoms with Crippen LogP contribution in [0.3, 0.4) is 0 Å². The highest BCUT2D eigenvalue weighted by Gasteiger charge is 2.50. The van der Waals surface area contributed by atoms with E-state index in [0.717, 1.165) is 12.6 Å². The lowest BCUT2D eigenvalue weighted by atomic mass is 9.83. The van der Waals surface area contributed by atoms with Crippen LogP contribution in [0.2, 0.25) is 0 Å². The first-order chi connectivity index (χ1) is 9.67. The first-order valence-corrected chi connectivity index (χ1v) is 8.60. The molecule has 0 radical (unpaired) electrons. The Labute approximate surface area is 124 Å². The summed E-state index contributed by atoms with van der Waals surface area (Å²) in [4.78, 5) is 8.08. The van der Waals surface area contributed by atoms with Crippen LogP contribution in [0.25, 0.3) is 0 Å². The minimum atomic E-state index is 0.281. The number of nitrogens with zero attached hydrogens (tertiary/aromatic N) is 3. The second-order valence-corrected chi connectivity index (χ2v) is 7.22. The lowest BCUT2D eigenvalue weighted by Crippen LogP contribution is -2.65. The molecule has 0 aromatic rings. The summed E-state index contributed by atoms with van der Waals surface area (Å²) in [6.45, 7) is 12.9. The van der Waals surface area contributed by atoms with Gasteiger partial charge in [-0.2, -0.15) is 0 Å². The molecule has 0 saturated carbocycles. The summed E-state index contributed by atoms with van der Waals surface area (Å²) >= 11 is 0. The summed E-state index contributed by atoms with van der Waals surface area (Å²) in [6.07, 6.45) is 5.44. The minimum Gasteiger partial charge on any atom is -0.329 e. The molecule has 116 valence electrons. The van der Waals surface area contributed by atoms with E-state index in [0.29, 0.717) is 6.04 Å². The second-order valence-electron chi connectivity index (χ2n) is 7.22. The number of piperidine rings is 1. The van der Waals surface area contributed by atoms with Crippen molar-refractivity contribution < 1.29 is 0 Å². The third-order valence-electron chi connectivity index (χ3n) is 6.09. The number of hydrogen-bond acceptors (Lipinski definition) is 4. The number of fused-ring (bicyclic) bond motifs is 1. The Bertz CT molecular complexity index is 324. The van der Waals surface area contributed by atoms with E-state index in [1.165, 1.54) is 65.0 Å². The maximum absolute atomic E-state index is 6.32. The van der Waals surface area contributed by atoms with E-state index in [4.69, 9.17) is 5.73 Å². The van der Waals surface area contributed by atoms with Crippen molar-refractivity contribution in [3.8, 4) is 0 Å². The first-order valence-electron chi connectivity index (χ1n) is 8.60. The highest BCUT2D eigenvalue weighted by molar-refractivity contribution is 5.09. The molecule has 3 heterocycles. The Morgan fingerprint density at radius 3 is 2.45 bits per heavy atom. The summed E-state index contributed by atoms with van der Waals surface area (Å²) in [5, 5.41) is 0. The summed E-state index contributed by atoms with van der Waals surface area (Å²) in [5.41, 5.74) is 6.60. The molecular weight excluding hydrogens is 248 g/mol. The van der Waals surface area contributed by atoms with E-state index < -0.39 is 0 Å². The molecule has 2 atom stereocenters. The fourth-order valence-electron chi connectivity index (χ4n) is 4.79. The highest BCUT2D eigenvalue weighted by atomic mass is 15.4. The van der Waals surface area contributed by atoms with E-state index >= 15 is 0 Å². The molecule has 4 heteroatoms. The predicted octanol–water partition coefficient (Wildman–Crippen LogP) is 0.968. The van der Waals surface area contributed by atoms with Gasteiger partial charge in [-0.25, -0.2) is 0 Å². The van der Waals surface area contributed by atoms with E-state index in [1.54, 1.807) is 0 Å². The van der Waals surface area contributed by atoms with Gasteiger partial charge in [-0.15, -0.1) is 0 Å².